The third kappa shape index (κ3) is 7.39. The predicted octanol–water partition coefficient (Wildman–Crippen LogP) is 7.15. The first-order chi connectivity index (χ1) is 22.2. The summed E-state index contributed by atoms with van der Waals surface area (Å²) in [5, 5.41) is 9.24. The molecule has 2 fully saturated rings. The molecule has 0 radical (unpaired) electrons. The van der Waals surface area contributed by atoms with Crippen molar-refractivity contribution in [3.63, 3.8) is 0 Å². The van der Waals surface area contributed by atoms with Crippen LogP contribution in [0.2, 0.25) is 0 Å². The molecule has 260 valence electrons. The van der Waals surface area contributed by atoms with Gasteiger partial charge in [-0.1, -0.05) is 6.92 Å². The molecular formula is C35H44F3N5O4S. The Hall–Kier alpha value is -3.89. The molecule has 4 rings (SSSR count). The number of alkyl halides is 3. The first-order valence-electron chi connectivity index (χ1n) is 16.0. The van der Waals surface area contributed by atoms with E-state index >= 15 is 0 Å². The van der Waals surface area contributed by atoms with E-state index in [0.29, 0.717) is 37.6 Å². The lowest BCUT2D eigenvalue weighted by Crippen LogP contribution is -2.61. The molecule has 2 aromatic carbocycles. The molecule has 2 aliphatic rings. The highest BCUT2D eigenvalue weighted by molar-refractivity contribution is 7.81. The van der Waals surface area contributed by atoms with E-state index in [0.717, 1.165) is 22.6 Å². The summed E-state index contributed by atoms with van der Waals surface area (Å²) in [6, 6.07) is 10.1. The van der Waals surface area contributed by atoms with E-state index in [4.69, 9.17) is 21.7 Å². The molecule has 1 unspecified atom stereocenters. The summed E-state index contributed by atoms with van der Waals surface area (Å²) >= 11 is 5.70. The number of carbonyl (C=O) groups is 2. The second-order valence-electron chi connectivity index (χ2n) is 14.0. The topological polar surface area (TPSA) is 89.4 Å². The van der Waals surface area contributed by atoms with Crippen LogP contribution in [-0.4, -0.2) is 75.9 Å². The van der Waals surface area contributed by atoms with Gasteiger partial charge in [0, 0.05) is 36.9 Å². The van der Waals surface area contributed by atoms with E-state index in [1.54, 1.807) is 35.8 Å². The van der Waals surface area contributed by atoms with E-state index in [1.165, 1.54) is 6.07 Å². The van der Waals surface area contributed by atoms with E-state index < -0.39 is 34.4 Å². The minimum atomic E-state index is -4.78. The number of ether oxygens (including phenoxy) is 2. The summed E-state index contributed by atoms with van der Waals surface area (Å²) in [4.78, 5) is 33.3. The maximum absolute atomic E-state index is 13.7. The van der Waals surface area contributed by atoms with Crippen LogP contribution in [0, 0.1) is 11.3 Å². The maximum Gasteiger partial charge on any atom is 0.417 e. The fraction of sp³-hybridized carbons (Fsp3) is 0.543. The minimum absolute atomic E-state index is 0.0286. The van der Waals surface area contributed by atoms with Gasteiger partial charge in [0.25, 0.3) is 5.91 Å². The summed E-state index contributed by atoms with van der Waals surface area (Å²) in [6.07, 6.45) is -4.48. The third-order valence-corrected chi connectivity index (χ3v) is 9.06. The van der Waals surface area contributed by atoms with Crippen molar-refractivity contribution >= 4 is 40.7 Å². The number of hydrogen-bond acceptors (Lipinski definition) is 7. The van der Waals surface area contributed by atoms with Gasteiger partial charge in [0.1, 0.15) is 23.5 Å². The van der Waals surface area contributed by atoms with Gasteiger partial charge in [-0.3, -0.25) is 14.6 Å². The summed E-state index contributed by atoms with van der Waals surface area (Å²) in [5.74, 6) is 0.183. The SMILES string of the molecule is CCc1cc(N2C(=S)N(c3ccc(C#N)c(C(F)(F)F)c3)C(=O)C2(C)C)ccc1OCC(C)N1C[C@@H](C)N(C(=O)OC(C)(C)C)[C@@H](C)C1. The van der Waals surface area contributed by atoms with Gasteiger partial charge in [-0.25, -0.2) is 4.79 Å². The van der Waals surface area contributed by atoms with Crippen LogP contribution in [0.1, 0.15) is 79.0 Å². The average Bonchev–Trinajstić information content (AvgIpc) is 3.16. The summed E-state index contributed by atoms with van der Waals surface area (Å²) < 4.78 is 53.1. The van der Waals surface area contributed by atoms with Crippen LogP contribution in [0.4, 0.5) is 29.3 Å². The van der Waals surface area contributed by atoms with Gasteiger partial charge in [-0.05, 0) is 116 Å². The van der Waals surface area contributed by atoms with Gasteiger partial charge < -0.3 is 19.3 Å². The molecule has 13 heteroatoms. The van der Waals surface area contributed by atoms with Crippen molar-refractivity contribution in [3.05, 3.63) is 53.1 Å². The zero-order valence-corrected chi connectivity index (χ0v) is 29.8. The number of nitriles is 1. The Morgan fingerprint density at radius 3 is 2.23 bits per heavy atom. The van der Waals surface area contributed by atoms with Crippen LogP contribution < -0.4 is 14.5 Å². The molecule has 2 amide bonds. The Kier molecular flexibility index (Phi) is 10.4. The molecule has 0 N–H and O–H groups in total. The number of nitrogens with zero attached hydrogens (tertiary/aromatic N) is 5. The molecule has 9 nitrogen and oxygen atoms in total. The van der Waals surface area contributed by atoms with Crippen LogP contribution in [0.25, 0.3) is 0 Å². The summed E-state index contributed by atoms with van der Waals surface area (Å²) in [5.41, 5.74) is -2.04. The van der Waals surface area contributed by atoms with E-state index in [-0.39, 0.29) is 35.0 Å². The molecule has 0 aliphatic carbocycles. The van der Waals surface area contributed by atoms with Crippen LogP contribution in [0.3, 0.4) is 0 Å². The number of thiocarbonyl (C=S) groups is 1. The van der Waals surface area contributed by atoms with Gasteiger partial charge in [-0.15, -0.1) is 0 Å². The standard InChI is InChI=1S/C35H44F3N5O4S/c1-10-24-15-27(43-31(48)42(30(44)34(43,8)9)26-12-11-25(17-39)28(16-26)35(36,37)38)13-14-29(24)46-20-23(4)40-18-21(2)41(22(3)19-40)32(45)47-33(5,6)7/h11-16,21-23H,10,18-20H2,1-9H3/t21-,22+,23?. The smallest absolute Gasteiger partial charge is 0.417 e. The number of hydrogen-bond donors (Lipinski definition) is 0. The highest BCUT2D eigenvalue weighted by Gasteiger charge is 2.51. The van der Waals surface area contributed by atoms with Crippen LogP contribution >= 0.6 is 12.2 Å². The lowest BCUT2D eigenvalue weighted by atomic mass is 10.0. The Labute approximate surface area is 286 Å². The van der Waals surface area contributed by atoms with Gasteiger partial charge in [0.05, 0.1) is 22.9 Å². The lowest BCUT2D eigenvalue weighted by Gasteiger charge is -2.46. The molecule has 2 heterocycles. The first kappa shape index (κ1) is 36.9. The van der Waals surface area contributed by atoms with Crippen molar-refractivity contribution in [1.29, 1.82) is 5.26 Å². The van der Waals surface area contributed by atoms with E-state index in [1.807, 2.05) is 53.7 Å². The molecular weight excluding hydrogens is 643 g/mol. The number of anilines is 2. The Morgan fingerprint density at radius 2 is 1.69 bits per heavy atom. The highest BCUT2D eigenvalue weighted by atomic mass is 32.1. The van der Waals surface area contributed by atoms with Crippen molar-refractivity contribution in [2.24, 2.45) is 0 Å². The number of benzene rings is 2. The molecule has 2 aliphatic heterocycles. The zero-order chi connectivity index (χ0) is 35.9. The number of aryl methyl sites for hydroxylation is 1. The fourth-order valence-corrected chi connectivity index (χ4v) is 6.82. The number of carbonyl (C=O) groups excluding carboxylic acids is 2. The number of halogens is 3. The van der Waals surface area contributed by atoms with Crippen LogP contribution in [0.15, 0.2) is 36.4 Å². The lowest BCUT2D eigenvalue weighted by molar-refractivity contribution is -0.137. The van der Waals surface area contributed by atoms with Gasteiger partial charge >= 0.3 is 12.3 Å². The summed E-state index contributed by atoms with van der Waals surface area (Å²) in [6.45, 7) is 18.7. The molecule has 0 saturated carbocycles. The van der Waals surface area contributed by atoms with Crippen molar-refractivity contribution in [1.82, 2.24) is 9.80 Å². The van der Waals surface area contributed by atoms with Crippen molar-refractivity contribution in [2.45, 2.75) is 104 Å². The molecule has 48 heavy (non-hydrogen) atoms. The van der Waals surface area contributed by atoms with Crippen molar-refractivity contribution in [3.8, 4) is 11.8 Å². The van der Waals surface area contributed by atoms with Gasteiger partial charge in [0.2, 0.25) is 0 Å². The van der Waals surface area contributed by atoms with Crippen molar-refractivity contribution < 1.29 is 32.2 Å². The predicted molar refractivity (Wildman–Crippen MR) is 182 cm³/mol. The van der Waals surface area contributed by atoms with E-state index in [2.05, 4.69) is 11.8 Å². The number of rotatable bonds is 7. The monoisotopic (exact) mass is 687 g/mol. The zero-order valence-electron chi connectivity index (χ0n) is 28.9. The van der Waals surface area contributed by atoms with Crippen molar-refractivity contribution in [2.75, 3.05) is 29.5 Å². The second-order valence-corrected chi connectivity index (χ2v) is 14.4. The molecule has 3 atom stereocenters. The van der Waals surface area contributed by atoms with E-state index in [9.17, 15) is 28.0 Å². The highest BCUT2D eigenvalue weighted by Crippen LogP contribution is 2.40. The third-order valence-electron chi connectivity index (χ3n) is 8.69. The Balaban J connectivity index is 1.50. The molecule has 0 spiro atoms. The average molecular weight is 688 g/mol. The molecule has 0 aromatic heterocycles. The molecule has 2 saturated heterocycles. The molecule has 0 bridgehead atoms. The van der Waals surface area contributed by atoms with Crippen LogP contribution in [-0.2, 0) is 22.1 Å². The van der Waals surface area contributed by atoms with Gasteiger partial charge in [0.15, 0.2) is 5.11 Å². The maximum atomic E-state index is 13.7. The van der Waals surface area contributed by atoms with Crippen LogP contribution in [0.5, 0.6) is 5.75 Å². The second kappa shape index (κ2) is 13.6. The Bertz CT molecular complexity index is 1600. The Morgan fingerprint density at radius 1 is 1.08 bits per heavy atom. The number of amides is 2. The van der Waals surface area contributed by atoms with Gasteiger partial charge in [-0.2, -0.15) is 18.4 Å². The minimum Gasteiger partial charge on any atom is -0.492 e. The normalized spacial score (nSPS) is 20.9. The molecule has 2 aromatic rings. The largest absolute Gasteiger partial charge is 0.492 e. The quantitative estimate of drug-likeness (QED) is 0.284. The number of piperazine rings is 1. The fourth-order valence-electron chi connectivity index (χ4n) is 6.30. The summed E-state index contributed by atoms with van der Waals surface area (Å²) in [7, 11) is 0. The first-order valence-corrected chi connectivity index (χ1v) is 16.4.